The average molecular weight is 202 g/mol. The molecule has 0 unspecified atom stereocenters. The lowest BCUT2D eigenvalue weighted by atomic mass is 10.1. The zero-order valence-corrected chi connectivity index (χ0v) is 9.13. The van der Waals surface area contributed by atoms with Gasteiger partial charge in [-0.3, -0.25) is 4.79 Å². The van der Waals surface area contributed by atoms with Crippen molar-refractivity contribution in [1.29, 1.82) is 0 Å². The fourth-order valence-corrected chi connectivity index (χ4v) is 1.37. The largest absolute Gasteiger partial charge is 0.439 e. The highest BCUT2D eigenvalue weighted by molar-refractivity contribution is 5.69. The van der Waals surface area contributed by atoms with E-state index in [9.17, 15) is 4.79 Å². The van der Waals surface area contributed by atoms with Crippen molar-refractivity contribution in [3.05, 3.63) is 0 Å². The van der Waals surface area contributed by atoms with Gasteiger partial charge in [-0.05, 0) is 6.42 Å². The van der Waals surface area contributed by atoms with Crippen LogP contribution in [0, 0.1) is 0 Å². The lowest BCUT2D eigenvalue weighted by Crippen LogP contribution is -2.04. The molecule has 0 bridgehead atoms. The number of hydrogen-bond donors (Lipinski definition) is 1. The molecule has 0 radical (unpaired) electrons. The van der Waals surface area contributed by atoms with Crippen LogP contribution in [0.2, 0.25) is 0 Å². The first-order valence-corrected chi connectivity index (χ1v) is 5.57. The molecule has 0 saturated carbocycles. The highest BCUT2D eigenvalue weighted by Gasteiger charge is 2.00. The van der Waals surface area contributed by atoms with Crippen LogP contribution in [0.4, 0.5) is 0 Å². The number of unbranched alkanes of at least 4 members (excludes halogenated alkanes) is 6. The first-order chi connectivity index (χ1) is 6.81. The van der Waals surface area contributed by atoms with E-state index in [1.807, 2.05) is 0 Å². The van der Waals surface area contributed by atoms with Crippen molar-refractivity contribution < 1.29 is 14.6 Å². The van der Waals surface area contributed by atoms with Crippen LogP contribution in [-0.2, 0) is 9.53 Å². The van der Waals surface area contributed by atoms with Crippen molar-refractivity contribution in [1.82, 2.24) is 0 Å². The summed E-state index contributed by atoms with van der Waals surface area (Å²) in [4.78, 5) is 10.8. The van der Waals surface area contributed by atoms with Crippen molar-refractivity contribution in [2.75, 3.05) is 6.79 Å². The number of rotatable bonds is 9. The van der Waals surface area contributed by atoms with Crippen molar-refractivity contribution in [2.45, 2.75) is 58.3 Å². The molecule has 3 heteroatoms. The maximum Gasteiger partial charge on any atom is 0.307 e. The summed E-state index contributed by atoms with van der Waals surface area (Å²) in [6.07, 6.45) is 8.76. The molecule has 0 aromatic heterocycles. The number of hydrogen-bond acceptors (Lipinski definition) is 3. The Bertz CT molecular complexity index is 134. The van der Waals surface area contributed by atoms with Gasteiger partial charge >= 0.3 is 5.97 Å². The molecule has 84 valence electrons. The van der Waals surface area contributed by atoms with Crippen LogP contribution in [0.25, 0.3) is 0 Å². The Kier molecular flexibility index (Phi) is 10.1. The molecule has 0 aromatic rings. The normalized spacial score (nSPS) is 10.1. The SMILES string of the molecule is CCCCCCCCCC(=O)OCO. The van der Waals surface area contributed by atoms with Gasteiger partial charge in [0.2, 0.25) is 0 Å². The van der Waals surface area contributed by atoms with E-state index in [0.717, 1.165) is 12.8 Å². The van der Waals surface area contributed by atoms with Crippen LogP contribution in [0.5, 0.6) is 0 Å². The molecule has 14 heavy (non-hydrogen) atoms. The topological polar surface area (TPSA) is 46.5 Å². The van der Waals surface area contributed by atoms with Gasteiger partial charge in [-0.1, -0.05) is 45.4 Å². The minimum absolute atomic E-state index is 0.291. The molecule has 0 rings (SSSR count). The van der Waals surface area contributed by atoms with Crippen molar-refractivity contribution in [2.24, 2.45) is 0 Å². The molecule has 0 aliphatic heterocycles. The molecule has 1 N–H and O–H groups in total. The Hall–Kier alpha value is -0.570. The third-order valence-electron chi connectivity index (χ3n) is 2.21. The van der Waals surface area contributed by atoms with E-state index in [4.69, 9.17) is 5.11 Å². The number of carbonyl (C=O) groups excluding carboxylic acids is 1. The highest BCUT2D eigenvalue weighted by Crippen LogP contribution is 2.08. The fraction of sp³-hybridized carbons (Fsp3) is 0.909. The summed E-state index contributed by atoms with van der Waals surface area (Å²) in [5, 5.41) is 8.29. The van der Waals surface area contributed by atoms with Gasteiger partial charge in [-0.15, -0.1) is 0 Å². The maximum absolute atomic E-state index is 10.8. The zero-order valence-electron chi connectivity index (χ0n) is 9.13. The molecule has 0 aliphatic carbocycles. The number of aliphatic hydroxyl groups is 1. The molecule has 0 aliphatic rings. The number of aliphatic hydroxyl groups excluding tert-OH is 1. The van der Waals surface area contributed by atoms with Crippen molar-refractivity contribution in [3.63, 3.8) is 0 Å². The van der Waals surface area contributed by atoms with Gasteiger partial charge in [-0.25, -0.2) is 0 Å². The maximum atomic E-state index is 10.8. The summed E-state index contributed by atoms with van der Waals surface area (Å²) < 4.78 is 4.40. The lowest BCUT2D eigenvalue weighted by Gasteiger charge is -2.01. The van der Waals surface area contributed by atoms with E-state index >= 15 is 0 Å². The Morgan fingerprint density at radius 1 is 1.07 bits per heavy atom. The minimum atomic E-state index is -0.491. The smallest absolute Gasteiger partial charge is 0.307 e. The summed E-state index contributed by atoms with van der Waals surface area (Å²) in [6.45, 7) is 1.71. The summed E-state index contributed by atoms with van der Waals surface area (Å²) in [5.74, 6) is -0.291. The predicted molar refractivity (Wildman–Crippen MR) is 55.8 cm³/mol. The Morgan fingerprint density at radius 3 is 2.21 bits per heavy atom. The molecular formula is C11H22O3. The van der Waals surface area contributed by atoms with Gasteiger partial charge in [0, 0.05) is 6.42 Å². The third-order valence-corrected chi connectivity index (χ3v) is 2.21. The second-order valence-corrected chi connectivity index (χ2v) is 3.52. The first-order valence-electron chi connectivity index (χ1n) is 5.57. The van der Waals surface area contributed by atoms with Crippen molar-refractivity contribution in [3.8, 4) is 0 Å². The Labute approximate surface area is 86.5 Å². The first kappa shape index (κ1) is 13.4. The molecule has 0 amide bonds. The van der Waals surface area contributed by atoms with E-state index in [1.54, 1.807) is 0 Å². The molecule has 0 spiro atoms. The molecule has 3 nitrogen and oxygen atoms in total. The van der Waals surface area contributed by atoms with E-state index < -0.39 is 6.79 Å². The van der Waals surface area contributed by atoms with Crippen LogP contribution >= 0.6 is 0 Å². The molecule has 0 heterocycles. The summed E-state index contributed by atoms with van der Waals surface area (Å²) >= 11 is 0. The molecule has 0 fully saturated rings. The zero-order chi connectivity index (χ0) is 10.6. The van der Waals surface area contributed by atoms with E-state index in [0.29, 0.717) is 6.42 Å². The van der Waals surface area contributed by atoms with Crippen molar-refractivity contribution >= 4 is 5.97 Å². The number of ether oxygens (including phenoxy) is 1. The summed E-state index contributed by atoms with van der Waals surface area (Å²) in [5.41, 5.74) is 0. The molecule has 0 aromatic carbocycles. The van der Waals surface area contributed by atoms with Crippen LogP contribution in [0.1, 0.15) is 58.3 Å². The monoisotopic (exact) mass is 202 g/mol. The van der Waals surface area contributed by atoms with Gasteiger partial charge in [-0.2, -0.15) is 0 Å². The predicted octanol–water partition coefficient (Wildman–Crippen LogP) is 2.62. The number of carbonyl (C=O) groups is 1. The van der Waals surface area contributed by atoms with E-state index in [1.165, 1.54) is 32.1 Å². The second kappa shape index (κ2) is 10.5. The third kappa shape index (κ3) is 9.52. The van der Waals surface area contributed by atoms with E-state index in [-0.39, 0.29) is 5.97 Å². The Balaban J connectivity index is 3.01. The summed E-state index contributed by atoms with van der Waals surface area (Å²) in [7, 11) is 0. The van der Waals surface area contributed by atoms with Gasteiger partial charge in [0.05, 0.1) is 0 Å². The van der Waals surface area contributed by atoms with Crippen LogP contribution in [0.3, 0.4) is 0 Å². The summed E-state index contributed by atoms with van der Waals surface area (Å²) in [6, 6.07) is 0. The number of esters is 1. The average Bonchev–Trinajstić information content (AvgIpc) is 2.17. The molecular weight excluding hydrogens is 180 g/mol. The van der Waals surface area contributed by atoms with Crippen LogP contribution in [0.15, 0.2) is 0 Å². The highest BCUT2D eigenvalue weighted by atomic mass is 16.6. The van der Waals surface area contributed by atoms with Gasteiger partial charge < -0.3 is 9.84 Å². The Morgan fingerprint density at radius 2 is 1.64 bits per heavy atom. The van der Waals surface area contributed by atoms with Crippen LogP contribution < -0.4 is 0 Å². The molecule has 0 atom stereocenters. The quantitative estimate of drug-likeness (QED) is 0.355. The fourth-order valence-electron chi connectivity index (χ4n) is 1.37. The standard InChI is InChI=1S/C11H22O3/c1-2-3-4-5-6-7-8-9-11(13)14-10-12/h12H,2-10H2,1H3. The minimum Gasteiger partial charge on any atom is -0.439 e. The molecule has 0 saturated heterocycles. The second-order valence-electron chi connectivity index (χ2n) is 3.52. The van der Waals surface area contributed by atoms with Crippen LogP contribution in [-0.4, -0.2) is 17.9 Å². The van der Waals surface area contributed by atoms with Gasteiger partial charge in [0.1, 0.15) is 0 Å². The van der Waals surface area contributed by atoms with Gasteiger partial charge in [0.15, 0.2) is 6.79 Å². The van der Waals surface area contributed by atoms with Gasteiger partial charge in [0.25, 0.3) is 0 Å². The van der Waals surface area contributed by atoms with E-state index in [2.05, 4.69) is 11.7 Å². The lowest BCUT2D eigenvalue weighted by molar-refractivity contribution is -0.151.